The Morgan fingerprint density at radius 1 is 1.27 bits per heavy atom. The molecule has 0 bridgehead atoms. The second kappa shape index (κ2) is 11.7. The maximum atomic E-state index is 14.2. The molecule has 0 aliphatic heterocycles. The van der Waals surface area contributed by atoms with Crippen molar-refractivity contribution in [3.05, 3.63) is 54.1 Å². The number of aliphatic imine (C=N–C) groups is 1. The molecule has 5 nitrogen and oxygen atoms in total. The van der Waals surface area contributed by atoms with E-state index in [9.17, 15) is 4.39 Å². The maximum absolute atomic E-state index is 14.2. The molecule has 142 valence electrons. The van der Waals surface area contributed by atoms with Crippen molar-refractivity contribution in [2.45, 2.75) is 26.8 Å². The number of guanidine groups is 1. The van der Waals surface area contributed by atoms with Crippen LogP contribution in [-0.2, 0) is 6.54 Å². The Balaban J connectivity index is 0.00000338. The van der Waals surface area contributed by atoms with Crippen LogP contribution in [0.2, 0.25) is 0 Å². The normalized spacial score (nSPS) is 11.0. The molecule has 26 heavy (non-hydrogen) atoms. The number of ether oxygens (including phenoxy) is 1. The summed E-state index contributed by atoms with van der Waals surface area (Å²) in [6.45, 7) is 5.68. The third-order valence-corrected chi connectivity index (χ3v) is 3.56. The monoisotopic (exact) mass is 472 g/mol. The fraction of sp³-hybridized carbons (Fsp3) is 0.368. The van der Waals surface area contributed by atoms with Crippen molar-refractivity contribution in [3.8, 4) is 11.5 Å². The molecule has 0 aliphatic carbocycles. The molecule has 0 saturated carbocycles. The van der Waals surface area contributed by atoms with E-state index in [1.165, 1.54) is 6.07 Å². The van der Waals surface area contributed by atoms with Gasteiger partial charge in [0.1, 0.15) is 5.75 Å². The van der Waals surface area contributed by atoms with Crippen molar-refractivity contribution in [1.29, 1.82) is 0 Å². The zero-order valence-electron chi connectivity index (χ0n) is 15.3. The highest BCUT2D eigenvalue weighted by Gasteiger charge is 2.07. The Hall–Kier alpha value is -1.90. The van der Waals surface area contributed by atoms with Crippen LogP contribution in [0, 0.1) is 11.7 Å². The van der Waals surface area contributed by atoms with E-state index in [0.717, 1.165) is 18.5 Å². The maximum Gasteiger partial charge on any atom is 0.191 e. The SMILES string of the molecule is CN=C(NCCC(C)C)NCc1ccc(Oc2cccnc2)c(F)c1.I. The molecule has 2 aromatic rings. The second-order valence-electron chi connectivity index (χ2n) is 6.09. The van der Waals surface area contributed by atoms with Gasteiger partial charge in [0, 0.05) is 26.3 Å². The molecular weight excluding hydrogens is 446 g/mol. The lowest BCUT2D eigenvalue weighted by atomic mass is 10.1. The van der Waals surface area contributed by atoms with Gasteiger partial charge in [0.2, 0.25) is 0 Å². The van der Waals surface area contributed by atoms with Crippen LogP contribution >= 0.6 is 24.0 Å². The molecule has 2 N–H and O–H groups in total. The van der Waals surface area contributed by atoms with Gasteiger partial charge in [-0.15, -0.1) is 24.0 Å². The van der Waals surface area contributed by atoms with Gasteiger partial charge in [-0.1, -0.05) is 19.9 Å². The zero-order chi connectivity index (χ0) is 18.1. The minimum absolute atomic E-state index is 0. The summed E-state index contributed by atoms with van der Waals surface area (Å²) >= 11 is 0. The molecule has 1 heterocycles. The predicted octanol–water partition coefficient (Wildman–Crippen LogP) is 4.34. The zero-order valence-corrected chi connectivity index (χ0v) is 17.7. The summed E-state index contributed by atoms with van der Waals surface area (Å²) in [5.41, 5.74) is 0.808. The van der Waals surface area contributed by atoms with Crippen LogP contribution < -0.4 is 15.4 Å². The minimum atomic E-state index is -0.411. The fourth-order valence-corrected chi connectivity index (χ4v) is 2.16. The smallest absolute Gasteiger partial charge is 0.191 e. The number of nitrogens with one attached hydrogen (secondary N) is 2. The van der Waals surface area contributed by atoms with Crippen LogP contribution in [0.15, 0.2) is 47.7 Å². The van der Waals surface area contributed by atoms with E-state index < -0.39 is 5.82 Å². The van der Waals surface area contributed by atoms with Crippen LogP contribution in [0.5, 0.6) is 11.5 Å². The Morgan fingerprint density at radius 3 is 2.69 bits per heavy atom. The average molecular weight is 472 g/mol. The molecule has 0 unspecified atom stereocenters. The van der Waals surface area contributed by atoms with Crippen molar-refractivity contribution in [2.24, 2.45) is 10.9 Å². The third kappa shape index (κ3) is 7.55. The highest BCUT2D eigenvalue weighted by Crippen LogP contribution is 2.24. The summed E-state index contributed by atoms with van der Waals surface area (Å²) < 4.78 is 19.7. The standard InChI is InChI=1S/C19H25FN4O.HI/c1-14(2)8-10-23-19(21-3)24-12-15-6-7-18(17(20)11-15)25-16-5-4-9-22-13-16;/h4-7,9,11,13-14H,8,10,12H2,1-3H3,(H2,21,23,24);1H. The van der Waals surface area contributed by atoms with Gasteiger partial charge in [-0.05, 0) is 42.2 Å². The first kappa shape index (κ1) is 22.1. The van der Waals surface area contributed by atoms with Crippen LogP contribution in [0.3, 0.4) is 0 Å². The lowest BCUT2D eigenvalue weighted by Crippen LogP contribution is -2.37. The van der Waals surface area contributed by atoms with Crippen molar-refractivity contribution < 1.29 is 9.13 Å². The number of hydrogen-bond acceptors (Lipinski definition) is 3. The van der Waals surface area contributed by atoms with Crippen LogP contribution in [0.25, 0.3) is 0 Å². The Labute approximate surface area is 171 Å². The van der Waals surface area contributed by atoms with Crippen molar-refractivity contribution in [1.82, 2.24) is 15.6 Å². The van der Waals surface area contributed by atoms with E-state index in [2.05, 4.69) is 34.5 Å². The molecule has 7 heteroatoms. The van der Waals surface area contributed by atoms with Gasteiger partial charge in [-0.3, -0.25) is 9.98 Å². The fourth-order valence-electron chi connectivity index (χ4n) is 2.16. The third-order valence-electron chi connectivity index (χ3n) is 3.56. The molecule has 2 rings (SSSR count). The lowest BCUT2D eigenvalue weighted by molar-refractivity contribution is 0.440. The quantitative estimate of drug-likeness (QED) is 0.358. The first-order valence-electron chi connectivity index (χ1n) is 8.39. The lowest BCUT2D eigenvalue weighted by Gasteiger charge is -2.13. The van der Waals surface area contributed by atoms with Gasteiger partial charge in [0.05, 0.1) is 6.20 Å². The van der Waals surface area contributed by atoms with Gasteiger partial charge in [-0.25, -0.2) is 4.39 Å². The van der Waals surface area contributed by atoms with Crippen LogP contribution in [-0.4, -0.2) is 24.5 Å². The molecule has 0 aliphatic rings. The largest absolute Gasteiger partial charge is 0.453 e. The topological polar surface area (TPSA) is 58.5 Å². The first-order chi connectivity index (χ1) is 12.1. The van der Waals surface area contributed by atoms with Crippen LogP contribution in [0.1, 0.15) is 25.8 Å². The van der Waals surface area contributed by atoms with Gasteiger partial charge in [-0.2, -0.15) is 0 Å². The highest BCUT2D eigenvalue weighted by atomic mass is 127. The Morgan fingerprint density at radius 2 is 2.08 bits per heavy atom. The molecule has 0 fully saturated rings. The van der Waals surface area contributed by atoms with Crippen LogP contribution in [0.4, 0.5) is 4.39 Å². The average Bonchev–Trinajstić information content (AvgIpc) is 2.60. The summed E-state index contributed by atoms with van der Waals surface area (Å²) in [6.07, 6.45) is 4.25. The summed E-state index contributed by atoms with van der Waals surface area (Å²) in [4.78, 5) is 8.11. The van der Waals surface area contributed by atoms with Gasteiger partial charge < -0.3 is 15.4 Å². The number of benzene rings is 1. The Kier molecular flexibility index (Phi) is 9.93. The summed E-state index contributed by atoms with van der Waals surface area (Å²) in [6, 6.07) is 8.37. The summed E-state index contributed by atoms with van der Waals surface area (Å²) in [5.74, 6) is 1.60. The van der Waals surface area contributed by atoms with Crippen molar-refractivity contribution in [3.63, 3.8) is 0 Å². The molecule has 1 aromatic carbocycles. The first-order valence-corrected chi connectivity index (χ1v) is 8.39. The van der Waals surface area contributed by atoms with Crippen molar-refractivity contribution in [2.75, 3.05) is 13.6 Å². The minimum Gasteiger partial charge on any atom is -0.453 e. The number of halogens is 2. The van der Waals surface area contributed by atoms with Gasteiger partial charge in [0.15, 0.2) is 17.5 Å². The molecule has 0 radical (unpaired) electrons. The summed E-state index contributed by atoms with van der Waals surface area (Å²) in [5, 5.41) is 6.42. The number of rotatable bonds is 7. The van der Waals surface area contributed by atoms with E-state index in [0.29, 0.717) is 24.2 Å². The number of hydrogen-bond donors (Lipinski definition) is 2. The summed E-state index contributed by atoms with van der Waals surface area (Å²) in [7, 11) is 1.72. The number of aromatic nitrogens is 1. The van der Waals surface area contributed by atoms with E-state index in [4.69, 9.17) is 4.74 Å². The molecule has 0 amide bonds. The molecule has 0 spiro atoms. The van der Waals surface area contributed by atoms with Crippen molar-refractivity contribution >= 4 is 29.9 Å². The predicted molar refractivity (Wildman–Crippen MR) is 114 cm³/mol. The molecule has 0 atom stereocenters. The van der Waals surface area contributed by atoms with E-state index >= 15 is 0 Å². The molecular formula is C19H26FIN4O. The van der Waals surface area contributed by atoms with Gasteiger partial charge >= 0.3 is 0 Å². The Bertz CT molecular complexity index is 695. The molecule has 1 aromatic heterocycles. The van der Waals surface area contributed by atoms with E-state index in [-0.39, 0.29) is 29.7 Å². The van der Waals surface area contributed by atoms with Gasteiger partial charge in [0.25, 0.3) is 0 Å². The van der Waals surface area contributed by atoms with E-state index in [1.54, 1.807) is 37.6 Å². The second-order valence-corrected chi connectivity index (χ2v) is 6.09. The number of pyridine rings is 1. The molecule has 0 saturated heterocycles. The van der Waals surface area contributed by atoms with E-state index in [1.807, 2.05) is 6.07 Å². The highest BCUT2D eigenvalue weighted by molar-refractivity contribution is 14.0. The number of nitrogens with zero attached hydrogens (tertiary/aromatic N) is 2.